The van der Waals surface area contributed by atoms with Crippen molar-refractivity contribution >= 4 is 23.2 Å². The van der Waals surface area contributed by atoms with Crippen LogP contribution in [-0.4, -0.2) is 34.9 Å². The van der Waals surface area contributed by atoms with Gasteiger partial charge in [0, 0.05) is 23.7 Å². The molecule has 0 saturated carbocycles. The highest BCUT2D eigenvalue weighted by Gasteiger charge is 2.13. The predicted octanol–water partition coefficient (Wildman–Crippen LogP) is 4.33. The number of ether oxygens (including phenoxy) is 2. The highest BCUT2D eigenvalue weighted by atomic mass is 19.3. The van der Waals surface area contributed by atoms with E-state index in [4.69, 9.17) is 0 Å². The summed E-state index contributed by atoms with van der Waals surface area (Å²) in [7, 11) is 0. The van der Waals surface area contributed by atoms with Gasteiger partial charge in [-0.1, -0.05) is 0 Å². The molecule has 0 saturated heterocycles. The molecule has 3 rings (SSSR count). The number of benzene rings is 2. The zero-order valence-corrected chi connectivity index (χ0v) is 16.5. The Labute approximate surface area is 174 Å². The van der Waals surface area contributed by atoms with Crippen molar-refractivity contribution in [2.75, 3.05) is 0 Å². The molecule has 11 heteroatoms. The van der Waals surface area contributed by atoms with E-state index < -0.39 is 24.9 Å². The topological polar surface area (TPSA) is 77.7 Å². The summed E-state index contributed by atoms with van der Waals surface area (Å²) < 4.78 is 60.3. The summed E-state index contributed by atoms with van der Waals surface area (Å²) in [6, 6.07) is 8.20. The molecule has 1 amide bonds. The Morgan fingerprint density at radius 3 is 2.58 bits per heavy atom. The fourth-order valence-corrected chi connectivity index (χ4v) is 3.01. The molecule has 1 heterocycles. The first-order valence-corrected chi connectivity index (χ1v) is 9.12. The summed E-state index contributed by atoms with van der Waals surface area (Å²) in [6.07, 6.45) is 1.05. The molecule has 1 aromatic heterocycles. The van der Waals surface area contributed by atoms with Crippen LogP contribution in [0.4, 0.5) is 17.6 Å². The van der Waals surface area contributed by atoms with Crippen molar-refractivity contribution < 1.29 is 31.8 Å². The van der Waals surface area contributed by atoms with E-state index in [0.29, 0.717) is 11.1 Å². The van der Waals surface area contributed by atoms with E-state index in [-0.39, 0.29) is 11.3 Å². The van der Waals surface area contributed by atoms with Gasteiger partial charge in [-0.05, 0) is 44.2 Å². The van der Waals surface area contributed by atoms with Crippen molar-refractivity contribution in [3.05, 3.63) is 53.3 Å². The molecule has 164 valence electrons. The smallest absolute Gasteiger partial charge is 0.387 e. The summed E-state index contributed by atoms with van der Waals surface area (Å²) in [5.74, 6) is -0.523. The lowest BCUT2D eigenvalue weighted by Crippen LogP contribution is -2.17. The van der Waals surface area contributed by atoms with E-state index in [2.05, 4.69) is 25.0 Å². The number of amides is 1. The number of nitrogens with zero attached hydrogens (tertiary/aromatic N) is 3. The molecule has 0 fully saturated rings. The van der Waals surface area contributed by atoms with E-state index in [9.17, 15) is 22.4 Å². The lowest BCUT2D eigenvalue weighted by molar-refractivity contribution is -0.0543. The monoisotopic (exact) mass is 438 g/mol. The fraction of sp³-hybridized carbons (Fsp3) is 0.250. The van der Waals surface area contributed by atoms with E-state index in [1.807, 2.05) is 18.4 Å². The summed E-state index contributed by atoms with van der Waals surface area (Å²) in [4.78, 5) is 16.8. The summed E-state index contributed by atoms with van der Waals surface area (Å²) in [6.45, 7) is -1.72. The minimum atomic E-state index is -3.19. The maximum atomic E-state index is 12.6. The number of halogens is 4. The Morgan fingerprint density at radius 2 is 1.90 bits per heavy atom. The molecule has 7 nitrogen and oxygen atoms in total. The van der Waals surface area contributed by atoms with Gasteiger partial charge in [0.2, 0.25) is 0 Å². The molecule has 0 aliphatic rings. The molecule has 0 bridgehead atoms. The predicted molar refractivity (Wildman–Crippen MR) is 105 cm³/mol. The highest BCUT2D eigenvalue weighted by Crippen LogP contribution is 2.26. The number of hydrogen-bond donors (Lipinski definition) is 1. The van der Waals surface area contributed by atoms with E-state index in [0.717, 1.165) is 36.2 Å². The Hall–Kier alpha value is -3.63. The standard InChI is InChI=1S/C20H18F4N4O3/c1-3-28-11(2)26-15-8-12(5-7-16(15)28)18(29)27-25-10-13-4-6-14(30-19(21)22)9-17(13)31-20(23)24/h4-10,19-20H,3H2,1-2H3,(H,27,29)/b25-10+. The van der Waals surface area contributed by atoms with Crippen molar-refractivity contribution in [3.63, 3.8) is 0 Å². The largest absolute Gasteiger partial charge is 0.435 e. The van der Waals surface area contributed by atoms with Crippen molar-refractivity contribution in [2.45, 2.75) is 33.6 Å². The minimum absolute atomic E-state index is 0.0231. The van der Waals surface area contributed by atoms with Gasteiger partial charge in [-0.25, -0.2) is 10.4 Å². The van der Waals surface area contributed by atoms with Crippen LogP contribution >= 0.6 is 0 Å². The average Bonchev–Trinajstić information content (AvgIpc) is 3.02. The van der Waals surface area contributed by atoms with Crippen LogP contribution in [0.3, 0.4) is 0 Å². The van der Waals surface area contributed by atoms with Crippen molar-refractivity contribution in [3.8, 4) is 11.5 Å². The Bertz CT molecular complexity index is 1120. The third-order valence-electron chi connectivity index (χ3n) is 4.31. The molecule has 2 aromatic carbocycles. The number of alkyl halides is 4. The molecule has 0 unspecified atom stereocenters. The third kappa shape index (κ3) is 5.30. The molecule has 1 N–H and O–H groups in total. The molecule has 0 aliphatic carbocycles. The van der Waals surface area contributed by atoms with Crippen molar-refractivity contribution in [1.82, 2.24) is 15.0 Å². The van der Waals surface area contributed by atoms with Gasteiger partial charge in [0.25, 0.3) is 5.91 Å². The number of carbonyl (C=O) groups excluding carboxylic acids is 1. The molecule has 0 radical (unpaired) electrons. The van der Waals surface area contributed by atoms with E-state index in [1.54, 1.807) is 18.2 Å². The van der Waals surface area contributed by atoms with E-state index in [1.165, 1.54) is 6.07 Å². The first kappa shape index (κ1) is 22.1. The van der Waals surface area contributed by atoms with Crippen LogP contribution in [0, 0.1) is 6.92 Å². The SMILES string of the molecule is CCn1c(C)nc2cc(C(=O)N/N=C/c3ccc(OC(F)F)cc3OC(F)F)ccc21. The number of aryl methyl sites for hydroxylation is 2. The molecule has 0 aliphatic heterocycles. The van der Waals surface area contributed by atoms with Gasteiger partial charge in [-0.3, -0.25) is 4.79 Å². The van der Waals surface area contributed by atoms with Crippen LogP contribution in [0.25, 0.3) is 11.0 Å². The third-order valence-corrected chi connectivity index (χ3v) is 4.31. The van der Waals surface area contributed by atoms with Gasteiger partial charge in [0.1, 0.15) is 17.3 Å². The number of nitrogens with one attached hydrogen (secondary N) is 1. The van der Waals surface area contributed by atoms with Crippen LogP contribution in [0.5, 0.6) is 11.5 Å². The Kier molecular flexibility index (Phi) is 6.73. The van der Waals surface area contributed by atoms with Crippen LogP contribution in [0.2, 0.25) is 0 Å². The average molecular weight is 438 g/mol. The quantitative estimate of drug-likeness (QED) is 0.323. The first-order chi connectivity index (χ1) is 14.8. The van der Waals surface area contributed by atoms with Crippen LogP contribution in [-0.2, 0) is 6.54 Å². The summed E-state index contributed by atoms with van der Waals surface area (Å²) in [5.41, 5.74) is 4.14. The maximum absolute atomic E-state index is 12.6. The number of imidazole rings is 1. The lowest BCUT2D eigenvalue weighted by Gasteiger charge is -2.10. The normalized spacial score (nSPS) is 11.6. The minimum Gasteiger partial charge on any atom is -0.435 e. The lowest BCUT2D eigenvalue weighted by atomic mass is 10.2. The van der Waals surface area contributed by atoms with Gasteiger partial charge in [-0.2, -0.15) is 22.7 Å². The number of fused-ring (bicyclic) bond motifs is 1. The van der Waals surface area contributed by atoms with E-state index >= 15 is 0 Å². The van der Waals surface area contributed by atoms with Gasteiger partial charge in [0.15, 0.2) is 0 Å². The molecule has 3 aromatic rings. The number of hydrazone groups is 1. The Balaban J connectivity index is 1.76. The zero-order valence-electron chi connectivity index (χ0n) is 16.5. The molecule has 0 atom stereocenters. The highest BCUT2D eigenvalue weighted by molar-refractivity contribution is 5.98. The van der Waals surface area contributed by atoms with Crippen LogP contribution in [0.15, 0.2) is 41.5 Å². The Morgan fingerprint density at radius 1 is 1.16 bits per heavy atom. The van der Waals surface area contributed by atoms with Gasteiger partial charge < -0.3 is 14.0 Å². The van der Waals surface area contributed by atoms with Crippen molar-refractivity contribution in [2.24, 2.45) is 5.10 Å². The number of carbonyl (C=O) groups is 1. The zero-order chi connectivity index (χ0) is 22.5. The van der Waals surface area contributed by atoms with Crippen molar-refractivity contribution in [1.29, 1.82) is 0 Å². The number of aromatic nitrogens is 2. The molecular weight excluding hydrogens is 420 g/mol. The maximum Gasteiger partial charge on any atom is 0.387 e. The summed E-state index contributed by atoms with van der Waals surface area (Å²) in [5, 5.41) is 3.73. The molecule has 0 spiro atoms. The van der Waals surface area contributed by atoms with Gasteiger partial charge in [-0.15, -0.1) is 0 Å². The first-order valence-electron chi connectivity index (χ1n) is 9.12. The molecular formula is C20H18F4N4O3. The van der Waals surface area contributed by atoms with Crippen LogP contribution in [0.1, 0.15) is 28.7 Å². The number of rotatable bonds is 8. The fourth-order valence-electron chi connectivity index (χ4n) is 3.01. The number of hydrogen-bond acceptors (Lipinski definition) is 5. The second-order valence-electron chi connectivity index (χ2n) is 6.26. The molecule has 31 heavy (non-hydrogen) atoms. The van der Waals surface area contributed by atoms with Gasteiger partial charge in [0.05, 0.1) is 17.2 Å². The second kappa shape index (κ2) is 9.45. The van der Waals surface area contributed by atoms with Crippen LogP contribution < -0.4 is 14.9 Å². The van der Waals surface area contributed by atoms with Gasteiger partial charge >= 0.3 is 13.2 Å². The second-order valence-corrected chi connectivity index (χ2v) is 6.26. The summed E-state index contributed by atoms with van der Waals surface area (Å²) >= 11 is 0.